The molecule has 1 aliphatic rings. The van der Waals surface area contributed by atoms with Crippen LogP contribution in [-0.2, 0) is 6.18 Å². The van der Waals surface area contributed by atoms with Crippen molar-refractivity contribution in [2.24, 2.45) is 5.92 Å². The number of rotatable bonds is 8. The highest BCUT2D eigenvalue weighted by molar-refractivity contribution is 5.95. The second kappa shape index (κ2) is 12.3. The first kappa shape index (κ1) is 30.0. The Bertz CT molecular complexity index is 1360. The minimum absolute atomic E-state index is 0.0562. The minimum Gasteiger partial charge on any atom is -0.454 e. The number of aromatic nitrogens is 3. The molecule has 3 aromatic rings. The summed E-state index contributed by atoms with van der Waals surface area (Å²) in [6.45, 7) is 6.06. The molecule has 0 spiro atoms. The molecule has 1 saturated heterocycles. The quantitative estimate of drug-likeness (QED) is 0.344. The number of hydrogen-bond donors (Lipinski definition) is 1. The number of hydrogen-bond acceptors (Lipinski definition) is 7. The van der Waals surface area contributed by atoms with Gasteiger partial charge in [-0.05, 0) is 36.2 Å². The molecule has 0 atom stereocenters. The van der Waals surface area contributed by atoms with Crippen molar-refractivity contribution in [2.75, 3.05) is 44.6 Å². The molecule has 8 nitrogen and oxygen atoms in total. The summed E-state index contributed by atoms with van der Waals surface area (Å²) < 4.78 is 82.6. The number of alkyl halides is 6. The lowest BCUT2D eigenvalue weighted by Crippen LogP contribution is -2.49. The lowest BCUT2D eigenvalue weighted by molar-refractivity contribution is -0.154. The van der Waals surface area contributed by atoms with Crippen LogP contribution in [0, 0.1) is 5.92 Å². The molecule has 1 N–H and O–H groups in total. The number of carbonyl (C=O) groups excluding carboxylic acids is 1. The van der Waals surface area contributed by atoms with Crippen molar-refractivity contribution in [3.63, 3.8) is 0 Å². The summed E-state index contributed by atoms with van der Waals surface area (Å²) in [5, 5.41) is 2.57. The molecule has 14 heteroatoms. The van der Waals surface area contributed by atoms with Crippen molar-refractivity contribution in [2.45, 2.75) is 26.2 Å². The number of nitrogens with one attached hydrogen (secondary N) is 1. The predicted octanol–water partition coefficient (Wildman–Crippen LogP) is 5.66. The van der Waals surface area contributed by atoms with Crippen LogP contribution < -0.4 is 10.1 Å². The molecule has 0 unspecified atom stereocenters. The van der Waals surface area contributed by atoms with Gasteiger partial charge in [-0.1, -0.05) is 32.0 Å². The van der Waals surface area contributed by atoms with Gasteiger partial charge in [-0.15, -0.1) is 0 Å². The van der Waals surface area contributed by atoms with Crippen LogP contribution in [0.1, 0.15) is 29.8 Å². The summed E-state index contributed by atoms with van der Waals surface area (Å²) in [7, 11) is 0. The Morgan fingerprint density at radius 3 is 2.32 bits per heavy atom. The first-order valence-corrected chi connectivity index (χ1v) is 12.8. The average Bonchev–Trinajstić information content (AvgIpc) is 2.91. The SMILES string of the molecule is CC(C)CN1CCN(C(=O)c2cccc(-c3nc(Nc4cccc(C(F)(F)F)c4)nc(OCC(F)(F)F)n3)c2)CC1. The van der Waals surface area contributed by atoms with E-state index < -0.39 is 30.5 Å². The number of benzene rings is 2. The number of amides is 1. The molecular formula is C27H28F6N6O2. The summed E-state index contributed by atoms with van der Waals surface area (Å²) in [4.78, 5) is 29.2. The van der Waals surface area contributed by atoms with Gasteiger partial charge in [0.1, 0.15) is 0 Å². The monoisotopic (exact) mass is 582 g/mol. The van der Waals surface area contributed by atoms with E-state index in [9.17, 15) is 31.1 Å². The Morgan fingerprint density at radius 1 is 0.951 bits per heavy atom. The first-order chi connectivity index (χ1) is 19.3. The minimum atomic E-state index is -4.69. The zero-order valence-electron chi connectivity index (χ0n) is 22.3. The zero-order chi connectivity index (χ0) is 29.8. The molecule has 1 aliphatic heterocycles. The van der Waals surface area contributed by atoms with Gasteiger partial charge in [0.25, 0.3) is 5.91 Å². The molecule has 1 amide bonds. The average molecular weight is 583 g/mol. The van der Waals surface area contributed by atoms with Crippen LogP contribution in [-0.4, -0.2) is 76.2 Å². The van der Waals surface area contributed by atoms with Crippen LogP contribution in [0.2, 0.25) is 0 Å². The number of nitrogens with zero attached hydrogens (tertiary/aromatic N) is 5. The van der Waals surface area contributed by atoms with Crippen LogP contribution in [0.4, 0.5) is 38.0 Å². The highest BCUT2D eigenvalue weighted by atomic mass is 19.4. The Kier molecular flexibility index (Phi) is 9.00. The number of ether oxygens (including phenoxy) is 1. The van der Waals surface area contributed by atoms with Crippen molar-refractivity contribution in [3.8, 4) is 17.4 Å². The number of piperazine rings is 1. The summed E-state index contributed by atoms with van der Waals surface area (Å²) >= 11 is 0. The largest absolute Gasteiger partial charge is 0.454 e. The summed E-state index contributed by atoms with van der Waals surface area (Å²) in [5.74, 6) is -0.194. The van der Waals surface area contributed by atoms with E-state index >= 15 is 0 Å². The third-order valence-corrected chi connectivity index (χ3v) is 6.08. The van der Waals surface area contributed by atoms with Gasteiger partial charge in [0.05, 0.1) is 5.56 Å². The van der Waals surface area contributed by atoms with E-state index in [0.29, 0.717) is 24.6 Å². The molecule has 0 aliphatic carbocycles. The fourth-order valence-electron chi connectivity index (χ4n) is 4.28. The molecule has 0 radical (unpaired) electrons. The third kappa shape index (κ3) is 8.52. The lowest BCUT2D eigenvalue weighted by atomic mass is 10.1. The van der Waals surface area contributed by atoms with Crippen molar-refractivity contribution < 1.29 is 35.9 Å². The Hall–Kier alpha value is -3.94. The van der Waals surface area contributed by atoms with Gasteiger partial charge in [0, 0.05) is 49.5 Å². The van der Waals surface area contributed by atoms with Crippen molar-refractivity contribution >= 4 is 17.5 Å². The molecule has 4 rings (SSSR count). The van der Waals surface area contributed by atoms with E-state index in [1.54, 1.807) is 23.1 Å². The summed E-state index contributed by atoms with van der Waals surface area (Å²) in [6.07, 6.45) is -9.30. The Morgan fingerprint density at radius 2 is 1.66 bits per heavy atom. The van der Waals surface area contributed by atoms with Gasteiger partial charge in [-0.3, -0.25) is 9.69 Å². The first-order valence-electron chi connectivity index (χ1n) is 12.8. The number of anilines is 2. The van der Waals surface area contributed by atoms with Crippen LogP contribution in [0.3, 0.4) is 0 Å². The second-order valence-corrected chi connectivity index (χ2v) is 9.94. The maximum absolute atomic E-state index is 13.2. The van der Waals surface area contributed by atoms with Crippen molar-refractivity contribution in [1.29, 1.82) is 0 Å². The van der Waals surface area contributed by atoms with Gasteiger partial charge in [0.15, 0.2) is 12.4 Å². The van der Waals surface area contributed by atoms with Crippen LogP contribution >= 0.6 is 0 Å². The highest BCUT2D eigenvalue weighted by Crippen LogP contribution is 2.31. The summed E-state index contributed by atoms with van der Waals surface area (Å²) in [6, 6.07) is 9.69. The van der Waals surface area contributed by atoms with Crippen molar-refractivity contribution in [1.82, 2.24) is 24.8 Å². The van der Waals surface area contributed by atoms with E-state index in [1.165, 1.54) is 12.1 Å². The van der Waals surface area contributed by atoms with E-state index in [4.69, 9.17) is 4.74 Å². The van der Waals surface area contributed by atoms with Gasteiger partial charge < -0.3 is 15.0 Å². The normalized spacial score (nSPS) is 14.8. The molecule has 0 bridgehead atoms. The van der Waals surface area contributed by atoms with Crippen LogP contribution in [0.15, 0.2) is 48.5 Å². The molecule has 2 heterocycles. The van der Waals surface area contributed by atoms with Gasteiger partial charge in [-0.2, -0.15) is 41.3 Å². The fraction of sp³-hybridized carbons (Fsp3) is 0.407. The standard InChI is InChI=1S/C27H28F6N6O2/c1-17(2)15-38-9-11-39(12-10-38)23(40)19-6-3-5-18(13-19)22-35-24(37-25(36-22)41-16-26(28,29)30)34-21-8-4-7-20(14-21)27(31,32)33/h3-8,13-14,17H,9-12,15-16H2,1-2H3,(H,34,35,36,37). The second-order valence-electron chi connectivity index (χ2n) is 9.94. The number of carbonyl (C=O) groups is 1. The maximum atomic E-state index is 13.2. The van der Waals surface area contributed by atoms with Crippen molar-refractivity contribution in [3.05, 3.63) is 59.7 Å². The van der Waals surface area contributed by atoms with Crippen LogP contribution in [0.5, 0.6) is 6.01 Å². The molecule has 41 heavy (non-hydrogen) atoms. The van der Waals surface area contributed by atoms with Gasteiger partial charge in [0.2, 0.25) is 5.95 Å². The van der Waals surface area contributed by atoms with E-state index in [0.717, 1.165) is 37.8 Å². The molecular weight excluding hydrogens is 554 g/mol. The van der Waals surface area contributed by atoms with E-state index in [1.807, 2.05) is 0 Å². The summed E-state index contributed by atoms with van der Waals surface area (Å²) in [5.41, 5.74) is -0.396. The van der Waals surface area contributed by atoms with E-state index in [-0.39, 0.29) is 28.9 Å². The molecule has 2 aromatic carbocycles. The topological polar surface area (TPSA) is 83.5 Å². The van der Waals surface area contributed by atoms with Gasteiger partial charge in [-0.25, -0.2) is 0 Å². The fourth-order valence-corrected chi connectivity index (χ4v) is 4.28. The smallest absolute Gasteiger partial charge is 0.422 e. The van der Waals surface area contributed by atoms with Crippen LogP contribution in [0.25, 0.3) is 11.4 Å². The molecule has 1 aromatic heterocycles. The lowest BCUT2D eigenvalue weighted by Gasteiger charge is -2.35. The molecule has 0 saturated carbocycles. The van der Waals surface area contributed by atoms with Gasteiger partial charge >= 0.3 is 18.4 Å². The number of halogens is 6. The highest BCUT2D eigenvalue weighted by Gasteiger charge is 2.31. The van der Waals surface area contributed by atoms with E-state index in [2.05, 4.69) is 39.0 Å². The maximum Gasteiger partial charge on any atom is 0.422 e. The predicted molar refractivity (Wildman–Crippen MR) is 139 cm³/mol. The third-order valence-electron chi connectivity index (χ3n) is 6.08. The molecule has 220 valence electrons. The Balaban J connectivity index is 1.60. The zero-order valence-corrected chi connectivity index (χ0v) is 22.3. The Labute approximate surface area is 232 Å². The molecule has 1 fully saturated rings.